The van der Waals surface area contributed by atoms with Crippen molar-refractivity contribution in [2.24, 2.45) is 5.41 Å². The summed E-state index contributed by atoms with van der Waals surface area (Å²) in [5, 5.41) is 2.16. The van der Waals surface area contributed by atoms with Gasteiger partial charge in [-0.25, -0.2) is 0 Å². The Morgan fingerprint density at radius 1 is 1.03 bits per heavy atom. The summed E-state index contributed by atoms with van der Waals surface area (Å²) in [4.78, 5) is 33.3. The first-order valence-corrected chi connectivity index (χ1v) is 12.3. The fourth-order valence-electron chi connectivity index (χ4n) is 4.48. The number of carbonyl (C=O) groups excluding carboxylic acids is 2. The van der Waals surface area contributed by atoms with E-state index < -0.39 is 5.41 Å². The Labute approximate surface area is 193 Å². The lowest BCUT2D eigenvalue weighted by Gasteiger charge is -2.40. The third-order valence-electron chi connectivity index (χ3n) is 6.35. The number of nitrogens with zero attached hydrogens (tertiary/aromatic N) is 3. The zero-order chi connectivity index (χ0) is 22.0. The van der Waals surface area contributed by atoms with Crippen LogP contribution in [0.15, 0.2) is 41.8 Å². The van der Waals surface area contributed by atoms with Gasteiger partial charge in [-0.05, 0) is 42.8 Å². The van der Waals surface area contributed by atoms with Crippen molar-refractivity contribution in [2.45, 2.75) is 26.3 Å². The normalized spacial score (nSPS) is 19.9. The van der Waals surface area contributed by atoms with Crippen LogP contribution in [-0.2, 0) is 16.0 Å². The molecule has 2 aromatic rings. The zero-order valence-corrected chi connectivity index (χ0v) is 19.8. The molecule has 1 saturated heterocycles. The minimum absolute atomic E-state index is 0.0692. The topological polar surface area (TPSA) is 43.9 Å². The van der Waals surface area contributed by atoms with Crippen molar-refractivity contribution in [1.29, 1.82) is 0 Å². The third-order valence-corrected chi connectivity index (χ3v) is 8.02. The summed E-state index contributed by atoms with van der Waals surface area (Å²) in [6, 6.07) is 12.8. The lowest BCUT2D eigenvalue weighted by molar-refractivity contribution is -0.145. The van der Waals surface area contributed by atoms with Crippen LogP contribution < -0.4 is 0 Å². The summed E-state index contributed by atoms with van der Waals surface area (Å²) >= 11 is 7.78. The molecule has 1 aromatic heterocycles. The lowest BCUT2D eigenvalue weighted by atomic mass is 9.93. The number of halogens is 1. The van der Waals surface area contributed by atoms with E-state index >= 15 is 0 Å². The molecule has 166 valence electrons. The molecule has 2 amide bonds. The molecule has 0 saturated carbocycles. The zero-order valence-electron chi connectivity index (χ0n) is 18.2. The number of hydrogen-bond donors (Lipinski definition) is 0. The molecular weight excluding hydrogens is 430 g/mol. The van der Waals surface area contributed by atoms with Gasteiger partial charge in [0.1, 0.15) is 0 Å². The molecular formula is C24H30ClN3O2S. The largest absolute Gasteiger partial charge is 0.339 e. The molecule has 31 heavy (non-hydrogen) atoms. The Hall–Kier alpha value is -1.89. The standard InChI is InChI=1S/C24H30ClN3O2S/c1-24(2,17-25)23(30)27-13-11-26(12-14-27)21(29)16-28-10-8-20-19(9-15-31-20)22(28)18-6-4-3-5-7-18/h3-7,9,15,22H,8,10-14,16-17H2,1-2H3/t22-/m1/s1. The van der Waals surface area contributed by atoms with E-state index in [-0.39, 0.29) is 17.9 Å². The van der Waals surface area contributed by atoms with Crippen molar-refractivity contribution in [1.82, 2.24) is 14.7 Å². The van der Waals surface area contributed by atoms with Crippen LogP contribution in [0.1, 0.15) is 35.9 Å². The van der Waals surface area contributed by atoms with Crippen LogP contribution in [0.4, 0.5) is 0 Å². The first-order chi connectivity index (χ1) is 14.9. The van der Waals surface area contributed by atoms with Gasteiger partial charge in [-0.2, -0.15) is 0 Å². The fourth-order valence-corrected chi connectivity index (χ4v) is 5.50. The van der Waals surface area contributed by atoms with E-state index in [0.717, 1.165) is 13.0 Å². The predicted octanol–water partition coefficient (Wildman–Crippen LogP) is 3.63. The Morgan fingerprint density at radius 2 is 1.71 bits per heavy atom. The molecule has 7 heteroatoms. The van der Waals surface area contributed by atoms with Crippen LogP contribution in [0.3, 0.4) is 0 Å². The quantitative estimate of drug-likeness (QED) is 0.641. The number of rotatable bonds is 5. The van der Waals surface area contributed by atoms with E-state index in [0.29, 0.717) is 38.6 Å². The van der Waals surface area contributed by atoms with Crippen molar-refractivity contribution < 1.29 is 9.59 Å². The van der Waals surface area contributed by atoms with Crippen molar-refractivity contribution in [3.05, 3.63) is 57.8 Å². The SMILES string of the molecule is CC(C)(CCl)C(=O)N1CCN(C(=O)CN2CCc3sccc3[C@H]2c2ccccc2)CC1. The van der Waals surface area contributed by atoms with Crippen LogP contribution in [0.25, 0.3) is 0 Å². The molecule has 0 unspecified atom stereocenters. The maximum Gasteiger partial charge on any atom is 0.236 e. The monoisotopic (exact) mass is 459 g/mol. The maximum atomic E-state index is 13.2. The van der Waals surface area contributed by atoms with Gasteiger partial charge in [-0.3, -0.25) is 14.5 Å². The smallest absolute Gasteiger partial charge is 0.236 e. The molecule has 0 N–H and O–H groups in total. The van der Waals surface area contributed by atoms with E-state index in [4.69, 9.17) is 11.6 Å². The molecule has 0 aliphatic carbocycles. The summed E-state index contributed by atoms with van der Waals surface area (Å²) in [5.41, 5.74) is 1.99. The second kappa shape index (κ2) is 9.31. The van der Waals surface area contributed by atoms with Crippen LogP contribution in [0, 0.1) is 5.41 Å². The van der Waals surface area contributed by atoms with E-state index in [1.165, 1.54) is 16.0 Å². The van der Waals surface area contributed by atoms with E-state index in [1.54, 1.807) is 0 Å². The average Bonchev–Trinajstić information content (AvgIpc) is 3.28. The number of piperazine rings is 1. The highest BCUT2D eigenvalue weighted by Crippen LogP contribution is 2.37. The number of thiophene rings is 1. The van der Waals surface area contributed by atoms with Crippen LogP contribution >= 0.6 is 22.9 Å². The summed E-state index contributed by atoms with van der Waals surface area (Å²) in [5.74, 6) is 0.508. The molecule has 4 rings (SSSR count). The van der Waals surface area contributed by atoms with Crippen molar-refractivity contribution in [3.63, 3.8) is 0 Å². The molecule has 3 heterocycles. The Morgan fingerprint density at radius 3 is 2.39 bits per heavy atom. The summed E-state index contributed by atoms with van der Waals surface area (Å²) in [6.07, 6.45) is 0.986. The minimum Gasteiger partial charge on any atom is -0.339 e. The third kappa shape index (κ3) is 4.66. The van der Waals surface area contributed by atoms with E-state index in [9.17, 15) is 9.59 Å². The number of hydrogen-bond acceptors (Lipinski definition) is 4. The first kappa shape index (κ1) is 22.3. The number of alkyl halides is 1. The highest BCUT2D eigenvalue weighted by Gasteiger charge is 2.35. The van der Waals surface area contributed by atoms with Crippen LogP contribution in [-0.4, -0.2) is 71.7 Å². The molecule has 0 spiro atoms. The average molecular weight is 460 g/mol. The Bertz CT molecular complexity index is 922. The van der Waals surface area contributed by atoms with Gasteiger partial charge in [0.25, 0.3) is 0 Å². The van der Waals surface area contributed by atoms with Gasteiger partial charge in [-0.15, -0.1) is 22.9 Å². The highest BCUT2D eigenvalue weighted by molar-refractivity contribution is 7.10. The molecule has 0 radical (unpaired) electrons. The first-order valence-electron chi connectivity index (χ1n) is 10.9. The van der Waals surface area contributed by atoms with Gasteiger partial charge in [0, 0.05) is 43.5 Å². The van der Waals surface area contributed by atoms with Gasteiger partial charge in [0.05, 0.1) is 18.0 Å². The highest BCUT2D eigenvalue weighted by atomic mass is 35.5. The van der Waals surface area contributed by atoms with Gasteiger partial charge in [-0.1, -0.05) is 30.3 Å². The second-order valence-electron chi connectivity index (χ2n) is 9.02. The van der Waals surface area contributed by atoms with Gasteiger partial charge < -0.3 is 9.80 Å². The van der Waals surface area contributed by atoms with Crippen molar-refractivity contribution in [3.8, 4) is 0 Å². The second-order valence-corrected chi connectivity index (χ2v) is 10.3. The molecule has 0 bridgehead atoms. The molecule has 2 aliphatic rings. The number of carbonyl (C=O) groups is 2. The maximum absolute atomic E-state index is 13.2. The number of amides is 2. The van der Waals surface area contributed by atoms with Gasteiger partial charge >= 0.3 is 0 Å². The van der Waals surface area contributed by atoms with Crippen LogP contribution in [0.2, 0.25) is 0 Å². The number of fused-ring (bicyclic) bond motifs is 1. The Balaban J connectivity index is 1.42. The van der Waals surface area contributed by atoms with Crippen molar-refractivity contribution in [2.75, 3.05) is 45.1 Å². The molecule has 2 aliphatic heterocycles. The van der Waals surface area contributed by atoms with Crippen LogP contribution in [0.5, 0.6) is 0 Å². The summed E-state index contributed by atoms with van der Waals surface area (Å²) in [7, 11) is 0. The molecule has 1 aromatic carbocycles. The Kier molecular flexibility index (Phi) is 6.70. The molecule has 1 atom stereocenters. The van der Waals surface area contributed by atoms with Gasteiger partial charge in [0.15, 0.2) is 0 Å². The molecule has 1 fully saturated rings. The van der Waals surface area contributed by atoms with E-state index in [2.05, 4.69) is 40.6 Å². The summed E-state index contributed by atoms with van der Waals surface area (Å²) < 4.78 is 0. The predicted molar refractivity (Wildman–Crippen MR) is 126 cm³/mol. The summed E-state index contributed by atoms with van der Waals surface area (Å²) in [6.45, 7) is 7.32. The van der Waals surface area contributed by atoms with E-state index in [1.807, 2.05) is 41.1 Å². The fraction of sp³-hybridized carbons (Fsp3) is 0.500. The van der Waals surface area contributed by atoms with Gasteiger partial charge in [0.2, 0.25) is 11.8 Å². The van der Waals surface area contributed by atoms with Crippen molar-refractivity contribution >= 4 is 34.8 Å². The number of benzene rings is 1. The molecule has 5 nitrogen and oxygen atoms in total. The minimum atomic E-state index is -0.567. The lowest BCUT2D eigenvalue weighted by Crippen LogP contribution is -2.55.